The third-order valence-electron chi connectivity index (χ3n) is 4.19. The van der Waals surface area contributed by atoms with Gasteiger partial charge in [0.05, 0.1) is 0 Å². The molecule has 1 aliphatic heterocycles. The van der Waals surface area contributed by atoms with E-state index in [1.165, 1.54) is 31.6 Å². The van der Waals surface area contributed by atoms with Crippen molar-refractivity contribution in [2.45, 2.75) is 71.3 Å². The number of rotatable bonds is 1. The Kier molecular flexibility index (Phi) is 3.78. The molecule has 2 heterocycles. The molecular weight excluding hydrogens is 234 g/mol. The summed E-state index contributed by atoms with van der Waals surface area (Å²) in [6.45, 7) is 15.9. The third-order valence-corrected chi connectivity index (χ3v) is 4.19. The molecule has 3 nitrogen and oxygen atoms in total. The molecule has 1 aliphatic rings. The van der Waals surface area contributed by atoms with Crippen LogP contribution in [0.5, 0.6) is 0 Å². The first-order valence-electron chi connectivity index (χ1n) is 7.48. The minimum atomic E-state index is 0.115. The molecule has 0 amide bonds. The topological polar surface area (TPSA) is 31.9 Å². The van der Waals surface area contributed by atoms with E-state index in [9.17, 15) is 0 Å². The molecule has 3 heteroatoms. The Labute approximate surface area is 117 Å². The zero-order valence-electron chi connectivity index (χ0n) is 13.4. The maximum absolute atomic E-state index is 4.56. The molecule has 0 unspecified atom stereocenters. The number of hydrogen-bond acceptors (Lipinski definition) is 2. The quantitative estimate of drug-likeness (QED) is 0.838. The Bertz CT molecular complexity index is 412. The van der Waals surface area contributed by atoms with Gasteiger partial charge in [0, 0.05) is 28.8 Å². The van der Waals surface area contributed by atoms with Crippen LogP contribution >= 0.6 is 0 Å². The van der Waals surface area contributed by atoms with E-state index in [1.807, 2.05) is 0 Å². The van der Waals surface area contributed by atoms with Gasteiger partial charge in [-0.1, -0.05) is 20.8 Å². The summed E-state index contributed by atoms with van der Waals surface area (Å²) in [6.07, 6.45) is 4.53. The lowest BCUT2D eigenvalue weighted by Crippen LogP contribution is -2.45. The molecule has 0 aromatic carbocycles. The van der Waals surface area contributed by atoms with Crippen LogP contribution in [0.1, 0.15) is 71.8 Å². The lowest BCUT2D eigenvalue weighted by atomic mass is 9.91. The zero-order valence-corrected chi connectivity index (χ0v) is 13.4. The normalized spacial score (nSPS) is 19.9. The predicted octanol–water partition coefficient (Wildman–Crippen LogP) is 3.69. The number of nitrogens with one attached hydrogen (secondary N) is 1. The highest BCUT2D eigenvalue weighted by molar-refractivity contribution is 5.13. The van der Waals surface area contributed by atoms with Crippen molar-refractivity contribution >= 4 is 0 Å². The van der Waals surface area contributed by atoms with Gasteiger partial charge in [-0.2, -0.15) is 0 Å². The Hall–Kier alpha value is -0.830. The van der Waals surface area contributed by atoms with Crippen molar-refractivity contribution in [1.82, 2.24) is 14.9 Å². The Morgan fingerprint density at radius 1 is 1.11 bits per heavy atom. The molecule has 1 aromatic heterocycles. The highest BCUT2D eigenvalue weighted by atomic mass is 15.2. The van der Waals surface area contributed by atoms with E-state index in [4.69, 9.17) is 0 Å². The molecule has 1 saturated heterocycles. The van der Waals surface area contributed by atoms with Crippen LogP contribution < -0.4 is 0 Å². The number of likely N-dealkylation sites (tertiary alicyclic amines) is 1. The van der Waals surface area contributed by atoms with E-state index in [-0.39, 0.29) is 5.41 Å². The Morgan fingerprint density at radius 2 is 1.68 bits per heavy atom. The molecule has 0 spiro atoms. The van der Waals surface area contributed by atoms with Crippen LogP contribution in [0, 0.1) is 0 Å². The van der Waals surface area contributed by atoms with Gasteiger partial charge >= 0.3 is 0 Å². The number of aromatic nitrogens is 2. The molecule has 1 aromatic rings. The van der Waals surface area contributed by atoms with Gasteiger partial charge in [0.2, 0.25) is 0 Å². The summed E-state index contributed by atoms with van der Waals surface area (Å²) in [4.78, 5) is 10.7. The van der Waals surface area contributed by atoms with E-state index in [1.54, 1.807) is 0 Å². The van der Waals surface area contributed by atoms with Crippen LogP contribution in [-0.4, -0.2) is 33.5 Å². The van der Waals surface area contributed by atoms with Crippen LogP contribution in [0.3, 0.4) is 0 Å². The molecule has 1 N–H and O–H groups in total. The minimum Gasteiger partial charge on any atom is -0.345 e. The average molecular weight is 263 g/mol. The van der Waals surface area contributed by atoms with Gasteiger partial charge < -0.3 is 4.98 Å². The summed E-state index contributed by atoms with van der Waals surface area (Å²) in [6, 6.07) is 0. The predicted molar refractivity (Wildman–Crippen MR) is 80.6 cm³/mol. The molecule has 0 aliphatic carbocycles. The van der Waals surface area contributed by atoms with Crippen molar-refractivity contribution in [2.24, 2.45) is 0 Å². The fourth-order valence-electron chi connectivity index (χ4n) is 2.79. The van der Waals surface area contributed by atoms with E-state index < -0.39 is 0 Å². The van der Waals surface area contributed by atoms with Crippen LogP contribution in [0.25, 0.3) is 0 Å². The highest BCUT2D eigenvalue weighted by Crippen LogP contribution is 2.31. The van der Waals surface area contributed by atoms with E-state index in [0.717, 1.165) is 5.82 Å². The molecule has 19 heavy (non-hydrogen) atoms. The lowest BCUT2D eigenvalue weighted by Gasteiger charge is -2.40. The van der Waals surface area contributed by atoms with Gasteiger partial charge in [0.1, 0.15) is 5.82 Å². The Morgan fingerprint density at radius 3 is 2.11 bits per heavy atom. The number of hydrogen-bond donors (Lipinski definition) is 1. The fourth-order valence-corrected chi connectivity index (χ4v) is 2.79. The molecule has 1 fully saturated rings. The van der Waals surface area contributed by atoms with Gasteiger partial charge in [0.25, 0.3) is 0 Å². The largest absolute Gasteiger partial charge is 0.345 e. The maximum atomic E-state index is 4.56. The number of H-pyrrole nitrogens is 1. The smallest absolute Gasteiger partial charge is 0.111 e. The summed E-state index contributed by atoms with van der Waals surface area (Å²) in [5.74, 6) is 1.77. The number of piperidine rings is 1. The molecule has 2 rings (SSSR count). The van der Waals surface area contributed by atoms with Crippen LogP contribution in [0.4, 0.5) is 0 Å². The van der Waals surface area contributed by atoms with Crippen molar-refractivity contribution in [3.63, 3.8) is 0 Å². The van der Waals surface area contributed by atoms with Crippen LogP contribution in [0.15, 0.2) is 6.20 Å². The van der Waals surface area contributed by atoms with Crippen molar-refractivity contribution in [3.8, 4) is 0 Å². The van der Waals surface area contributed by atoms with Crippen LogP contribution in [0.2, 0.25) is 0 Å². The van der Waals surface area contributed by atoms with Crippen LogP contribution in [-0.2, 0) is 5.41 Å². The van der Waals surface area contributed by atoms with Gasteiger partial charge in [-0.15, -0.1) is 0 Å². The van der Waals surface area contributed by atoms with Crippen molar-refractivity contribution in [3.05, 3.63) is 17.7 Å². The van der Waals surface area contributed by atoms with Gasteiger partial charge in [-0.3, -0.25) is 4.90 Å². The monoisotopic (exact) mass is 263 g/mol. The number of aromatic amines is 1. The fraction of sp³-hybridized carbons (Fsp3) is 0.812. The summed E-state index contributed by atoms with van der Waals surface area (Å²) in [5, 5.41) is 0. The SMILES string of the molecule is CC(C)(C)c1ncc(C2CCN(C(C)(C)C)CC2)[nH]1. The lowest BCUT2D eigenvalue weighted by molar-refractivity contribution is 0.102. The van der Waals surface area contributed by atoms with E-state index in [2.05, 4.69) is 62.6 Å². The first kappa shape index (κ1) is 14.6. The average Bonchev–Trinajstić information content (AvgIpc) is 2.77. The second-order valence-corrected chi connectivity index (χ2v) is 7.87. The summed E-state index contributed by atoms with van der Waals surface area (Å²) in [5.41, 5.74) is 1.75. The highest BCUT2D eigenvalue weighted by Gasteiger charge is 2.29. The van der Waals surface area contributed by atoms with Gasteiger partial charge in [-0.25, -0.2) is 4.98 Å². The molecular formula is C16H29N3. The van der Waals surface area contributed by atoms with Crippen molar-refractivity contribution in [1.29, 1.82) is 0 Å². The zero-order chi connectivity index (χ0) is 14.3. The standard InChI is InChI=1S/C16H29N3/c1-15(2,3)14-17-11-13(18-14)12-7-9-19(10-8-12)16(4,5)6/h11-12H,7-10H2,1-6H3,(H,17,18). The first-order chi connectivity index (χ1) is 8.68. The second kappa shape index (κ2) is 4.93. The van der Waals surface area contributed by atoms with Gasteiger partial charge in [0.15, 0.2) is 0 Å². The number of imidazole rings is 1. The molecule has 0 radical (unpaired) electrons. The molecule has 0 atom stereocenters. The maximum Gasteiger partial charge on any atom is 0.111 e. The Balaban J connectivity index is 2.00. The summed E-state index contributed by atoms with van der Waals surface area (Å²) < 4.78 is 0. The molecule has 0 bridgehead atoms. The van der Waals surface area contributed by atoms with E-state index >= 15 is 0 Å². The second-order valence-electron chi connectivity index (χ2n) is 7.87. The van der Waals surface area contributed by atoms with E-state index in [0.29, 0.717) is 11.5 Å². The first-order valence-corrected chi connectivity index (χ1v) is 7.48. The summed E-state index contributed by atoms with van der Waals surface area (Å²) >= 11 is 0. The van der Waals surface area contributed by atoms with Gasteiger partial charge in [-0.05, 0) is 46.7 Å². The third kappa shape index (κ3) is 3.38. The number of nitrogens with zero attached hydrogens (tertiary/aromatic N) is 2. The molecule has 108 valence electrons. The minimum absolute atomic E-state index is 0.115. The van der Waals surface area contributed by atoms with Crippen molar-refractivity contribution < 1.29 is 0 Å². The van der Waals surface area contributed by atoms with Crippen molar-refractivity contribution in [2.75, 3.05) is 13.1 Å². The molecule has 0 saturated carbocycles. The summed E-state index contributed by atoms with van der Waals surface area (Å²) in [7, 11) is 0.